The van der Waals surface area contributed by atoms with Crippen molar-refractivity contribution in [2.75, 3.05) is 20.2 Å². The summed E-state index contributed by atoms with van der Waals surface area (Å²) < 4.78 is 5.37. The lowest BCUT2D eigenvalue weighted by Crippen LogP contribution is -2.30. The minimum Gasteiger partial charge on any atom is -0.497 e. The van der Waals surface area contributed by atoms with Crippen molar-refractivity contribution >= 4 is 17.2 Å². The number of rotatable bonds is 5. The highest BCUT2D eigenvalue weighted by Crippen LogP contribution is 2.41. The van der Waals surface area contributed by atoms with Crippen molar-refractivity contribution < 1.29 is 9.53 Å². The molecule has 3 rings (SSSR count). The van der Waals surface area contributed by atoms with Crippen molar-refractivity contribution in [3.8, 4) is 16.2 Å². The maximum atomic E-state index is 12.7. The Labute approximate surface area is 141 Å². The van der Waals surface area contributed by atoms with Gasteiger partial charge in [0.25, 0.3) is 5.91 Å². The summed E-state index contributed by atoms with van der Waals surface area (Å²) in [5.41, 5.74) is 3.87. The van der Waals surface area contributed by atoms with Gasteiger partial charge in [-0.05, 0) is 61.1 Å². The van der Waals surface area contributed by atoms with E-state index < -0.39 is 0 Å². The van der Waals surface area contributed by atoms with Crippen molar-refractivity contribution in [3.05, 3.63) is 40.3 Å². The lowest BCUT2D eigenvalue weighted by molar-refractivity contribution is 0.0769. The molecule has 2 aromatic rings. The molecule has 0 spiro atoms. The lowest BCUT2D eigenvalue weighted by Gasteiger charge is -2.18. The van der Waals surface area contributed by atoms with Crippen molar-refractivity contribution in [1.82, 2.24) is 4.90 Å². The van der Waals surface area contributed by atoms with Gasteiger partial charge in [0, 0.05) is 18.0 Å². The van der Waals surface area contributed by atoms with Crippen molar-refractivity contribution in [2.24, 2.45) is 0 Å². The number of carbonyl (C=O) groups is 1. The number of hydrogen-bond donors (Lipinski definition) is 0. The molecule has 0 fully saturated rings. The third-order valence-electron chi connectivity index (χ3n) is 4.41. The van der Waals surface area contributed by atoms with E-state index in [-0.39, 0.29) is 5.91 Å². The average molecular weight is 329 g/mol. The van der Waals surface area contributed by atoms with E-state index in [1.165, 1.54) is 21.6 Å². The van der Waals surface area contributed by atoms with E-state index in [1.807, 2.05) is 17.9 Å². The molecule has 0 atom stereocenters. The number of benzene rings is 1. The Morgan fingerprint density at radius 1 is 1.22 bits per heavy atom. The third kappa shape index (κ3) is 3.00. The molecule has 0 unspecified atom stereocenters. The number of ether oxygens (including phenoxy) is 1. The fraction of sp³-hybridized carbons (Fsp3) is 0.421. The fourth-order valence-corrected chi connectivity index (χ4v) is 4.39. The van der Waals surface area contributed by atoms with Gasteiger partial charge in [-0.1, -0.05) is 13.0 Å². The van der Waals surface area contributed by atoms with E-state index >= 15 is 0 Å². The van der Waals surface area contributed by atoms with Gasteiger partial charge in [-0.2, -0.15) is 0 Å². The summed E-state index contributed by atoms with van der Waals surface area (Å²) in [6.45, 7) is 5.74. The van der Waals surface area contributed by atoms with Gasteiger partial charge in [-0.15, -0.1) is 11.3 Å². The maximum Gasteiger partial charge on any atom is 0.263 e. The zero-order valence-electron chi connectivity index (χ0n) is 14.0. The van der Waals surface area contributed by atoms with E-state index in [4.69, 9.17) is 4.74 Å². The van der Waals surface area contributed by atoms with Gasteiger partial charge in [-0.25, -0.2) is 0 Å². The molecule has 0 saturated heterocycles. The zero-order valence-corrected chi connectivity index (χ0v) is 14.8. The summed E-state index contributed by atoms with van der Waals surface area (Å²) >= 11 is 1.63. The van der Waals surface area contributed by atoms with Crippen LogP contribution in [0.4, 0.5) is 0 Å². The van der Waals surface area contributed by atoms with Gasteiger partial charge >= 0.3 is 0 Å². The first kappa shape index (κ1) is 16.1. The molecule has 3 nitrogen and oxygen atoms in total. The van der Waals surface area contributed by atoms with Crippen LogP contribution >= 0.6 is 11.3 Å². The highest BCUT2D eigenvalue weighted by molar-refractivity contribution is 7.17. The molecule has 4 heteroatoms. The van der Waals surface area contributed by atoms with E-state index in [0.29, 0.717) is 0 Å². The fourth-order valence-electron chi connectivity index (χ4n) is 3.16. The van der Waals surface area contributed by atoms with Gasteiger partial charge in [-0.3, -0.25) is 4.79 Å². The number of thiophene rings is 1. The third-order valence-corrected chi connectivity index (χ3v) is 5.61. The largest absolute Gasteiger partial charge is 0.497 e. The Morgan fingerprint density at radius 3 is 2.70 bits per heavy atom. The van der Waals surface area contributed by atoms with Crippen LogP contribution in [0.15, 0.2) is 24.3 Å². The average Bonchev–Trinajstić information content (AvgIpc) is 3.03. The molecule has 1 aromatic carbocycles. The second-order valence-corrected chi connectivity index (χ2v) is 6.93. The lowest BCUT2D eigenvalue weighted by atomic mass is 9.91. The summed E-state index contributed by atoms with van der Waals surface area (Å²) in [5, 5.41) is 0. The molecule has 0 aliphatic heterocycles. The smallest absolute Gasteiger partial charge is 0.263 e. The van der Waals surface area contributed by atoms with Gasteiger partial charge in [0.05, 0.1) is 12.0 Å². The molecule has 122 valence electrons. The summed E-state index contributed by atoms with van der Waals surface area (Å²) in [7, 11) is 1.69. The van der Waals surface area contributed by atoms with E-state index in [2.05, 4.69) is 25.1 Å². The van der Waals surface area contributed by atoms with E-state index in [9.17, 15) is 4.79 Å². The first-order valence-electron chi connectivity index (χ1n) is 8.27. The molecule has 0 N–H and O–H groups in total. The molecule has 1 amide bonds. The van der Waals surface area contributed by atoms with E-state index in [1.54, 1.807) is 18.4 Å². The topological polar surface area (TPSA) is 29.5 Å². The molecular weight excluding hydrogens is 306 g/mol. The summed E-state index contributed by atoms with van der Waals surface area (Å²) in [4.78, 5) is 16.8. The van der Waals surface area contributed by atoms with Crippen LogP contribution in [0.2, 0.25) is 0 Å². The first-order valence-corrected chi connectivity index (χ1v) is 9.08. The van der Waals surface area contributed by atoms with Crippen LogP contribution in [-0.2, 0) is 12.8 Å². The van der Waals surface area contributed by atoms with Crippen molar-refractivity contribution in [2.45, 2.75) is 33.1 Å². The van der Waals surface area contributed by atoms with Crippen molar-refractivity contribution in [1.29, 1.82) is 0 Å². The number of methoxy groups -OCH3 is 1. The SMILES string of the molecule is CCCN(CC)C(=O)c1cc2c(s1)-c1cc(OC)ccc1CC2. The van der Waals surface area contributed by atoms with Crippen LogP contribution < -0.4 is 4.74 Å². The number of hydrogen-bond acceptors (Lipinski definition) is 3. The van der Waals surface area contributed by atoms with Gasteiger partial charge in [0.1, 0.15) is 5.75 Å². The number of carbonyl (C=O) groups excluding carboxylic acids is 1. The first-order chi connectivity index (χ1) is 11.2. The highest BCUT2D eigenvalue weighted by Gasteiger charge is 2.23. The number of nitrogens with zero attached hydrogens (tertiary/aromatic N) is 1. The molecule has 1 heterocycles. The van der Waals surface area contributed by atoms with Crippen LogP contribution in [-0.4, -0.2) is 31.0 Å². The number of fused-ring (bicyclic) bond motifs is 3. The molecule has 1 aromatic heterocycles. The Hall–Kier alpha value is -1.81. The summed E-state index contributed by atoms with van der Waals surface area (Å²) in [5.74, 6) is 1.04. The van der Waals surface area contributed by atoms with Crippen LogP contribution in [0.25, 0.3) is 10.4 Å². The monoisotopic (exact) mass is 329 g/mol. The second kappa shape index (κ2) is 6.75. The predicted molar refractivity (Wildman–Crippen MR) is 95.6 cm³/mol. The molecule has 0 radical (unpaired) electrons. The normalized spacial score (nSPS) is 12.5. The van der Waals surface area contributed by atoms with Crippen LogP contribution in [0.1, 0.15) is 41.1 Å². The van der Waals surface area contributed by atoms with Gasteiger partial charge < -0.3 is 9.64 Å². The molecule has 0 saturated carbocycles. The van der Waals surface area contributed by atoms with Crippen molar-refractivity contribution in [3.63, 3.8) is 0 Å². The number of aryl methyl sites for hydroxylation is 2. The standard InChI is InChI=1S/C19H23NO2S/c1-4-10-20(5-2)19(21)17-11-14-7-6-13-8-9-15(22-3)12-16(13)18(14)23-17/h8-9,11-12H,4-7,10H2,1-3H3. The Bertz CT molecular complexity index is 720. The highest BCUT2D eigenvalue weighted by atomic mass is 32.1. The van der Waals surface area contributed by atoms with Crippen LogP contribution in [0.5, 0.6) is 5.75 Å². The predicted octanol–water partition coefficient (Wildman–Crippen LogP) is 4.39. The minimum absolute atomic E-state index is 0.165. The molecule has 0 bridgehead atoms. The van der Waals surface area contributed by atoms with E-state index in [0.717, 1.165) is 43.0 Å². The van der Waals surface area contributed by atoms with Gasteiger partial charge in [0.15, 0.2) is 0 Å². The minimum atomic E-state index is 0.165. The Morgan fingerprint density at radius 2 is 2.00 bits per heavy atom. The van der Waals surface area contributed by atoms with Gasteiger partial charge in [0.2, 0.25) is 0 Å². The molecule has 1 aliphatic carbocycles. The maximum absolute atomic E-state index is 12.7. The second-order valence-electron chi connectivity index (χ2n) is 5.87. The Kier molecular flexibility index (Phi) is 4.71. The number of amides is 1. The zero-order chi connectivity index (χ0) is 16.4. The molecule has 23 heavy (non-hydrogen) atoms. The Balaban J connectivity index is 1.97. The van der Waals surface area contributed by atoms with Crippen LogP contribution in [0.3, 0.4) is 0 Å². The van der Waals surface area contributed by atoms with Crippen LogP contribution in [0, 0.1) is 0 Å². The molecule has 1 aliphatic rings. The summed E-state index contributed by atoms with van der Waals surface area (Å²) in [6.07, 6.45) is 3.03. The molecular formula is C19H23NO2S. The summed E-state index contributed by atoms with van der Waals surface area (Å²) in [6, 6.07) is 8.36. The quantitative estimate of drug-likeness (QED) is 0.814.